The lowest BCUT2D eigenvalue weighted by Crippen LogP contribution is -2.30. The van der Waals surface area contributed by atoms with Crippen LogP contribution in [0.5, 0.6) is 11.5 Å². The highest BCUT2D eigenvalue weighted by molar-refractivity contribution is 8.18. The molecule has 0 bridgehead atoms. The van der Waals surface area contributed by atoms with Crippen LogP contribution in [0, 0.1) is 0 Å². The molecule has 0 radical (unpaired) electrons. The molecule has 2 aromatic carbocycles. The molecule has 0 unspecified atom stereocenters. The summed E-state index contributed by atoms with van der Waals surface area (Å²) in [5.41, 5.74) is 2.37. The predicted molar refractivity (Wildman–Crippen MR) is 103 cm³/mol. The van der Waals surface area contributed by atoms with E-state index in [0.717, 1.165) is 28.2 Å². The van der Waals surface area contributed by atoms with Gasteiger partial charge < -0.3 is 14.4 Å². The molecular formula is C19H19NO2S2. The highest BCUT2D eigenvalue weighted by Crippen LogP contribution is 2.53. The van der Waals surface area contributed by atoms with Crippen molar-refractivity contribution in [2.45, 2.75) is 10.6 Å². The lowest BCUT2D eigenvalue weighted by atomic mass is 10.2. The van der Waals surface area contributed by atoms with Crippen molar-refractivity contribution < 1.29 is 9.84 Å². The van der Waals surface area contributed by atoms with Crippen LogP contribution in [0.15, 0.2) is 54.7 Å². The predicted octanol–water partition coefficient (Wildman–Crippen LogP) is 4.88. The molecule has 5 heteroatoms. The van der Waals surface area contributed by atoms with Crippen LogP contribution in [-0.4, -0.2) is 28.3 Å². The molecule has 1 N–H and O–H groups in total. The topological polar surface area (TPSA) is 34.4 Å². The average molecular weight is 358 g/mol. The first-order valence-electron chi connectivity index (χ1n) is 7.96. The monoisotopic (exact) mass is 357 g/mol. The summed E-state index contributed by atoms with van der Waals surface area (Å²) < 4.78 is 7.59. The molecule has 2 heterocycles. The van der Waals surface area contributed by atoms with E-state index in [1.807, 2.05) is 41.7 Å². The van der Waals surface area contributed by atoms with Crippen molar-refractivity contribution in [3.8, 4) is 11.5 Å². The Bertz CT molecular complexity index is 869. The van der Waals surface area contributed by atoms with Crippen LogP contribution in [0.1, 0.15) is 12.0 Å². The molecule has 1 aliphatic rings. The maximum Gasteiger partial charge on any atom is 0.163 e. The standard InChI is InChI=1S/C19H19NO2S2/c1-22-17-5-2-4-15(13-17)19(23-10-3-11-24-19)20-9-8-14-12-16(21)6-7-18(14)20/h2,4-9,12-13,21H,3,10-11H2,1H3. The molecule has 1 aromatic heterocycles. The van der Waals surface area contributed by atoms with Crippen LogP contribution in [0.25, 0.3) is 10.9 Å². The number of thioether (sulfide) groups is 2. The van der Waals surface area contributed by atoms with Gasteiger partial charge in [0.1, 0.15) is 11.5 Å². The number of phenols is 1. The number of fused-ring (bicyclic) bond motifs is 1. The zero-order valence-corrected chi connectivity index (χ0v) is 15.1. The first kappa shape index (κ1) is 15.8. The van der Waals surface area contributed by atoms with E-state index in [0.29, 0.717) is 5.75 Å². The van der Waals surface area contributed by atoms with Crippen LogP contribution in [0.2, 0.25) is 0 Å². The normalized spacial score (nSPS) is 17.0. The van der Waals surface area contributed by atoms with E-state index >= 15 is 0 Å². The quantitative estimate of drug-likeness (QED) is 0.724. The second-order valence-electron chi connectivity index (χ2n) is 5.79. The maximum absolute atomic E-state index is 9.76. The van der Waals surface area contributed by atoms with Gasteiger partial charge in [0.2, 0.25) is 0 Å². The Morgan fingerprint density at radius 2 is 1.92 bits per heavy atom. The van der Waals surface area contributed by atoms with Crippen LogP contribution in [0.3, 0.4) is 0 Å². The Labute approximate surface area is 150 Å². The number of benzene rings is 2. The van der Waals surface area contributed by atoms with Gasteiger partial charge in [-0.05, 0) is 54.3 Å². The maximum atomic E-state index is 9.76. The highest BCUT2D eigenvalue weighted by atomic mass is 32.2. The first-order valence-corrected chi connectivity index (χ1v) is 9.93. The molecule has 1 fully saturated rings. The Kier molecular flexibility index (Phi) is 4.14. The minimum absolute atomic E-state index is 0.203. The van der Waals surface area contributed by atoms with Gasteiger partial charge in [-0.25, -0.2) is 0 Å². The fraction of sp³-hybridized carbons (Fsp3) is 0.263. The third-order valence-corrected chi connectivity index (χ3v) is 7.65. The first-order chi connectivity index (χ1) is 11.7. The van der Waals surface area contributed by atoms with Crippen LogP contribution in [-0.2, 0) is 4.20 Å². The number of hydrogen-bond acceptors (Lipinski definition) is 4. The molecule has 0 saturated carbocycles. The van der Waals surface area contributed by atoms with Crippen molar-refractivity contribution in [1.82, 2.24) is 4.57 Å². The molecular weight excluding hydrogens is 338 g/mol. The molecule has 0 aliphatic carbocycles. The molecule has 24 heavy (non-hydrogen) atoms. The number of nitrogens with zero attached hydrogens (tertiary/aromatic N) is 1. The van der Waals surface area contributed by atoms with Gasteiger partial charge in [-0.15, -0.1) is 23.5 Å². The van der Waals surface area contributed by atoms with E-state index < -0.39 is 0 Å². The van der Waals surface area contributed by atoms with Crippen LogP contribution in [0.4, 0.5) is 0 Å². The minimum Gasteiger partial charge on any atom is -0.508 e. The van der Waals surface area contributed by atoms with E-state index in [4.69, 9.17) is 4.74 Å². The molecule has 4 rings (SSSR count). The number of aromatic hydroxyl groups is 1. The Hall–Kier alpha value is -1.72. The summed E-state index contributed by atoms with van der Waals surface area (Å²) in [6, 6.07) is 16.0. The summed E-state index contributed by atoms with van der Waals surface area (Å²) in [4.78, 5) is 0. The molecule has 3 nitrogen and oxygen atoms in total. The van der Waals surface area contributed by atoms with Crippen molar-refractivity contribution in [3.63, 3.8) is 0 Å². The van der Waals surface area contributed by atoms with Gasteiger partial charge in [0.05, 0.1) is 12.6 Å². The van der Waals surface area contributed by atoms with Crippen LogP contribution < -0.4 is 4.74 Å². The lowest BCUT2D eigenvalue weighted by molar-refractivity contribution is 0.414. The third-order valence-electron chi connectivity index (χ3n) is 4.31. The van der Waals surface area contributed by atoms with Crippen molar-refractivity contribution in [1.29, 1.82) is 0 Å². The summed E-state index contributed by atoms with van der Waals surface area (Å²) >= 11 is 3.94. The van der Waals surface area contributed by atoms with Gasteiger partial charge in [-0.2, -0.15) is 0 Å². The number of ether oxygens (including phenoxy) is 1. The SMILES string of the molecule is COc1cccc(C2(n3ccc4cc(O)ccc43)SCCCS2)c1. The van der Waals surface area contributed by atoms with E-state index in [1.54, 1.807) is 13.2 Å². The molecule has 0 amide bonds. The van der Waals surface area contributed by atoms with Gasteiger partial charge in [-0.1, -0.05) is 12.1 Å². The summed E-state index contributed by atoms with van der Waals surface area (Å²) in [6.07, 6.45) is 3.36. The Morgan fingerprint density at radius 1 is 1.08 bits per heavy atom. The van der Waals surface area contributed by atoms with Crippen molar-refractivity contribution >= 4 is 34.4 Å². The zero-order chi connectivity index (χ0) is 16.6. The van der Waals surface area contributed by atoms with Gasteiger partial charge in [0, 0.05) is 17.1 Å². The Balaban J connectivity index is 1.92. The Morgan fingerprint density at radius 3 is 2.71 bits per heavy atom. The van der Waals surface area contributed by atoms with E-state index in [-0.39, 0.29) is 4.20 Å². The number of phenolic OH excluding ortho intramolecular Hbond substituents is 1. The average Bonchev–Trinajstić information content (AvgIpc) is 3.06. The molecule has 0 atom stereocenters. The van der Waals surface area contributed by atoms with Gasteiger partial charge >= 0.3 is 0 Å². The fourth-order valence-corrected chi connectivity index (χ4v) is 6.50. The zero-order valence-electron chi connectivity index (χ0n) is 13.4. The lowest BCUT2D eigenvalue weighted by Gasteiger charge is -2.38. The second kappa shape index (κ2) is 6.30. The number of methoxy groups -OCH3 is 1. The number of hydrogen-bond donors (Lipinski definition) is 1. The van der Waals surface area contributed by atoms with Crippen molar-refractivity contribution in [3.05, 3.63) is 60.3 Å². The van der Waals surface area contributed by atoms with Gasteiger partial charge in [0.15, 0.2) is 4.20 Å². The molecule has 1 saturated heterocycles. The highest BCUT2D eigenvalue weighted by Gasteiger charge is 2.38. The molecule has 3 aromatic rings. The van der Waals surface area contributed by atoms with E-state index in [9.17, 15) is 5.11 Å². The summed E-state index contributed by atoms with van der Waals surface area (Å²) in [5, 5.41) is 10.8. The summed E-state index contributed by atoms with van der Waals surface area (Å²) in [5.74, 6) is 3.44. The number of aromatic nitrogens is 1. The van der Waals surface area contributed by atoms with Crippen LogP contribution >= 0.6 is 23.5 Å². The molecule has 124 valence electrons. The smallest absolute Gasteiger partial charge is 0.163 e. The minimum atomic E-state index is -0.203. The van der Waals surface area contributed by atoms with E-state index in [1.165, 1.54) is 12.0 Å². The van der Waals surface area contributed by atoms with Gasteiger partial charge in [0.25, 0.3) is 0 Å². The van der Waals surface area contributed by atoms with Gasteiger partial charge in [-0.3, -0.25) is 0 Å². The summed E-state index contributed by atoms with van der Waals surface area (Å²) in [7, 11) is 1.71. The van der Waals surface area contributed by atoms with Crippen molar-refractivity contribution in [2.75, 3.05) is 18.6 Å². The summed E-state index contributed by atoms with van der Waals surface area (Å²) in [6.45, 7) is 0. The third kappa shape index (κ3) is 2.56. The molecule has 1 aliphatic heterocycles. The largest absolute Gasteiger partial charge is 0.508 e. The second-order valence-corrected chi connectivity index (χ2v) is 8.63. The number of rotatable bonds is 3. The van der Waals surface area contributed by atoms with Crippen molar-refractivity contribution in [2.24, 2.45) is 0 Å². The fourth-order valence-electron chi connectivity index (χ4n) is 3.17. The molecule has 0 spiro atoms. The van der Waals surface area contributed by atoms with E-state index in [2.05, 4.69) is 35.0 Å².